The van der Waals surface area contributed by atoms with Gasteiger partial charge < -0.3 is 5.32 Å². The zero-order chi connectivity index (χ0) is 11.3. The van der Waals surface area contributed by atoms with Crippen LogP contribution in [0.25, 0.3) is 0 Å². The second-order valence-corrected chi connectivity index (χ2v) is 5.59. The third kappa shape index (κ3) is 4.18. The predicted molar refractivity (Wildman–Crippen MR) is 65.9 cm³/mol. The van der Waals surface area contributed by atoms with Gasteiger partial charge in [-0.15, -0.1) is 0 Å². The van der Waals surface area contributed by atoms with Crippen molar-refractivity contribution in [2.24, 2.45) is 0 Å². The van der Waals surface area contributed by atoms with Crippen LogP contribution in [0.3, 0.4) is 0 Å². The average molecular weight is 247 g/mol. The fraction of sp³-hybridized carbons (Fsp3) is 0.500. The summed E-state index contributed by atoms with van der Waals surface area (Å²) in [7, 11) is -0.759. The van der Waals surface area contributed by atoms with E-state index < -0.39 is 10.8 Å². The van der Waals surface area contributed by atoms with E-state index in [1.165, 1.54) is 0 Å². The lowest BCUT2D eigenvalue weighted by Gasteiger charge is -2.10. The molecule has 0 radical (unpaired) electrons. The highest BCUT2D eigenvalue weighted by atomic mass is 35.5. The smallest absolute Gasteiger partial charge is 0.0820 e. The summed E-state index contributed by atoms with van der Waals surface area (Å²) < 4.78 is 11.1. The Morgan fingerprint density at radius 2 is 2.40 bits per heavy atom. The fourth-order valence-electron chi connectivity index (χ4n) is 1.09. The first-order valence-electron chi connectivity index (χ1n) is 4.77. The van der Waals surface area contributed by atoms with Gasteiger partial charge in [0, 0.05) is 41.2 Å². The third-order valence-corrected chi connectivity index (χ3v) is 3.88. The molecule has 1 aromatic heterocycles. The summed E-state index contributed by atoms with van der Waals surface area (Å²) in [5.74, 6) is 0. The molecule has 0 aromatic carbocycles. The van der Waals surface area contributed by atoms with E-state index in [-0.39, 0.29) is 5.25 Å². The van der Waals surface area contributed by atoms with E-state index >= 15 is 0 Å². The first-order valence-corrected chi connectivity index (χ1v) is 6.77. The molecule has 0 aliphatic rings. The summed E-state index contributed by atoms with van der Waals surface area (Å²) in [6, 6.07) is 1.83. The van der Waals surface area contributed by atoms with Gasteiger partial charge in [0.1, 0.15) is 0 Å². The summed E-state index contributed by atoms with van der Waals surface area (Å²) in [5.41, 5.74) is 0.876. The summed E-state index contributed by atoms with van der Waals surface area (Å²) in [4.78, 5) is 3.90. The van der Waals surface area contributed by atoms with Crippen molar-refractivity contribution >= 4 is 28.1 Å². The van der Waals surface area contributed by atoms with E-state index in [0.29, 0.717) is 5.02 Å². The van der Waals surface area contributed by atoms with E-state index in [4.69, 9.17) is 11.6 Å². The Labute approximate surface area is 97.7 Å². The molecule has 1 aromatic rings. The van der Waals surface area contributed by atoms with Crippen LogP contribution in [-0.4, -0.2) is 27.2 Å². The monoisotopic (exact) mass is 246 g/mol. The molecule has 15 heavy (non-hydrogen) atoms. The van der Waals surface area contributed by atoms with Crippen molar-refractivity contribution in [2.75, 3.05) is 18.1 Å². The maximum atomic E-state index is 11.1. The fourth-order valence-corrected chi connectivity index (χ4v) is 1.73. The average Bonchev–Trinajstić information content (AvgIpc) is 2.20. The number of aromatic nitrogens is 1. The molecule has 0 aliphatic heterocycles. The Morgan fingerprint density at radius 1 is 1.67 bits per heavy atom. The predicted octanol–water partition coefficient (Wildman–Crippen LogP) is 2.30. The molecule has 0 saturated heterocycles. The number of anilines is 1. The minimum absolute atomic E-state index is 0.207. The molecular formula is C10H15ClN2OS. The van der Waals surface area contributed by atoms with Gasteiger partial charge in [0.05, 0.1) is 10.7 Å². The first-order chi connectivity index (χ1) is 7.11. The van der Waals surface area contributed by atoms with Crippen LogP contribution in [-0.2, 0) is 10.8 Å². The number of hydrogen-bond acceptors (Lipinski definition) is 3. The van der Waals surface area contributed by atoms with Crippen LogP contribution in [0.5, 0.6) is 0 Å². The third-order valence-electron chi connectivity index (χ3n) is 2.21. The lowest BCUT2D eigenvalue weighted by atomic mass is 10.3. The van der Waals surface area contributed by atoms with Gasteiger partial charge in [-0.05, 0) is 12.5 Å². The van der Waals surface area contributed by atoms with Crippen molar-refractivity contribution < 1.29 is 4.21 Å². The SMILES string of the molecule is CC(CCNc1ccncc1Cl)S(C)=O. The van der Waals surface area contributed by atoms with Crippen molar-refractivity contribution in [1.82, 2.24) is 4.98 Å². The highest BCUT2D eigenvalue weighted by molar-refractivity contribution is 7.84. The molecule has 2 unspecified atom stereocenters. The van der Waals surface area contributed by atoms with Gasteiger partial charge in [0.2, 0.25) is 0 Å². The van der Waals surface area contributed by atoms with Crippen molar-refractivity contribution in [1.29, 1.82) is 0 Å². The Kier molecular flexibility index (Phi) is 5.05. The molecule has 0 saturated carbocycles. The molecule has 0 fully saturated rings. The number of hydrogen-bond donors (Lipinski definition) is 1. The normalized spacial score (nSPS) is 14.6. The first kappa shape index (κ1) is 12.5. The largest absolute Gasteiger partial charge is 0.384 e. The van der Waals surface area contributed by atoms with Gasteiger partial charge in [0.25, 0.3) is 0 Å². The van der Waals surface area contributed by atoms with E-state index in [0.717, 1.165) is 18.7 Å². The van der Waals surface area contributed by atoms with E-state index in [9.17, 15) is 4.21 Å². The van der Waals surface area contributed by atoms with Gasteiger partial charge in [-0.1, -0.05) is 18.5 Å². The standard InChI is InChI=1S/C10H15ClN2OS/c1-8(15(2)14)3-6-13-10-4-5-12-7-9(10)11/h4-5,7-8H,3,6H2,1-2H3,(H,12,13). The number of rotatable bonds is 5. The number of nitrogens with one attached hydrogen (secondary N) is 1. The minimum atomic E-state index is -0.759. The molecule has 5 heteroatoms. The summed E-state index contributed by atoms with van der Waals surface area (Å²) >= 11 is 5.92. The molecule has 0 aliphatic carbocycles. The molecule has 2 atom stereocenters. The van der Waals surface area contributed by atoms with Crippen molar-refractivity contribution in [2.45, 2.75) is 18.6 Å². The van der Waals surface area contributed by atoms with E-state index in [2.05, 4.69) is 10.3 Å². The summed E-state index contributed by atoms with van der Waals surface area (Å²) in [6.45, 7) is 2.75. The molecule has 1 rings (SSSR count). The minimum Gasteiger partial charge on any atom is -0.384 e. The summed E-state index contributed by atoms with van der Waals surface area (Å²) in [6.07, 6.45) is 5.88. The van der Waals surface area contributed by atoms with Crippen LogP contribution in [0.4, 0.5) is 5.69 Å². The van der Waals surface area contributed by atoms with Crippen molar-refractivity contribution in [3.05, 3.63) is 23.5 Å². The van der Waals surface area contributed by atoms with Gasteiger partial charge >= 0.3 is 0 Å². The molecule has 3 nitrogen and oxygen atoms in total. The zero-order valence-corrected chi connectivity index (χ0v) is 10.4. The van der Waals surface area contributed by atoms with Crippen LogP contribution in [0.2, 0.25) is 5.02 Å². The molecule has 0 amide bonds. The maximum absolute atomic E-state index is 11.1. The van der Waals surface area contributed by atoms with E-state index in [1.807, 2.05) is 13.0 Å². The Morgan fingerprint density at radius 3 is 3.00 bits per heavy atom. The Bertz CT molecular complexity index is 346. The van der Waals surface area contributed by atoms with Gasteiger partial charge in [-0.2, -0.15) is 0 Å². The Balaban J connectivity index is 2.38. The highest BCUT2D eigenvalue weighted by Gasteiger charge is 2.05. The van der Waals surface area contributed by atoms with Crippen molar-refractivity contribution in [3.63, 3.8) is 0 Å². The van der Waals surface area contributed by atoms with Crippen LogP contribution in [0.1, 0.15) is 13.3 Å². The Hall–Kier alpha value is -0.610. The van der Waals surface area contributed by atoms with Gasteiger partial charge in [-0.25, -0.2) is 0 Å². The second-order valence-electron chi connectivity index (χ2n) is 3.38. The van der Waals surface area contributed by atoms with Gasteiger partial charge in [-0.3, -0.25) is 9.19 Å². The van der Waals surface area contributed by atoms with Gasteiger partial charge in [0.15, 0.2) is 0 Å². The van der Waals surface area contributed by atoms with Crippen LogP contribution in [0, 0.1) is 0 Å². The van der Waals surface area contributed by atoms with Crippen LogP contribution in [0.15, 0.2) is 18.5 Å². The molecule has 84 valence electrons. The summed E-state index contributed by atoms with van der Waals surface area (Å²) in [5, 5.41) is 4.01. The molecule has 1 N–H and O–H groups in total. The molecule has 1 heterocycles. The number of nitrogens with zero attached hydrogens (tertiary/aromatic N) is 1. The molecule has 0 bridgehead atoms. The quantitative estimate of drug-likeness (QED) is 0.867. The number of halogens is 1. The van der Waals surface area contributed by atoms with Crippen molar-refractivity contribution in [3.8, 4) is 0 Å². The molecule has 0 spiro atoms. The maximum Gasteiger partial charge on any atom is 0.0820 e. The number of pyridine rings is 1. The van der Waals surface area contributed by atoms with Crippen LogP contribution >= 0.6 is 11.6 Å². The van der Waals surface area contributed by atoms with E-state index in [1.54, 1.807) is 18.6 Å². The zero-order valence-electron chi connectivity index (χ0n) is 8.87. The second kappa shape index (κ2) is 6.08. The van der Waals surface area contributed by atoms with Crippen LogP contribution < -0.4 is 5.32 Å². The highest BCUT2D eigenvalue weighted by Crippen LogP contribution is 2.18. The topological polar surface area (TPSA) is 42.0 Å². The lowest BCUT2D eigenvalue weighted by Crippen LogP contribution is -2.14. The lowest BCUT2D eigenvalue weighted by molar-refractivity contribution is 0.672. The molecular weight excluding hydrogens is 232 g/mol.